The molecule has 4 N–H and O–H groups in total. The highest BCUT2D eigenvalue weighted by molar-refractivity contribution is 6.06. The van der Waals surface area contributed by atoms with E-state index in [1.165, 1.54) is 0 Å². The Bertz CT molecular complexity index is 266. The molecule has 0 saturated carbocycles. The van der Waals surface area contributed by atoms with Crippen LogP contribution in [0.25, 0.3) is 0 Å². The Labute approximate surface area is 97.1 Å². The smallest absolute Gasteiger partial charge is 0.233 e. The van der Waals surface area contributed by atoms with Crippen molar-refractivity contribution in [3.63, 3.8) is 0 Å². The Kier molecular flexibility index (Phi) is 5.85. The molecule has 5 heteroatoms. The van der Waals surface area contributed by atoms with Crippen LogP contribution in [0.5, 0.6) is 0 Å². The Morgan fingerprint density at radius 3 is 2.50 bits per heavy atom. The van der Waals surface area contributed by atoms with Crippen LogP contribution < -0.4 is 11.1 Å². The molecule has 0 aliphatic carbocycles. The van der Waals surface area contributed by atoms with Gasteiger partial charge < -0.3 is 16.3 Å². The molecule has 2 unspecified atom stereocenters. The van der Waals surface area contributed by atoms with Crippen LogP contribution in [0, 0.1) is 11.3 Å². The first-order valence-corrected chi connectivity index (χ1v) is 5.68. The molecule has 5 nitrogen and oxygen atoms in total. The summed E-state index contributed by atoms with van der Waals surface area (Å²) in [5, 5.41) is 14.4. The van der Waals surface area contributed by atoms with Gasteiger partial charge in [0.05, 0.1) is 0 Å². The predicted octanol–water partition coefficient (Wildman–Crippen LogP) is 1.31. The van der Waals surface area contributed by atoms with Gasteiger partial charge in [-0.1, -0.05) is 32.3 Å². The van der Waals surface area contributed by atoms with Crippen molar-refractivity contribution in [1.29, 1.82) is 0 Å². The minimum absolute atomic E-state index is 0.0448. The summed E-state index contributed by atoms with van der Waals surface area (Å²) in [6, 6.07) is 0. The predicted molar refractivity (Wildman–Crippen MR) is 64.3 cm³/mol. The number of nitrogens with zero attached hydrogens (tertiary/aromatic N) is 1. The maximum absolute atomic E-state index is 11.9. The fraction of sp³-hybridized carbons (Fsp3) is 0.818. The van der Waals surface area contributed by atoms with E-state index in [0.717, 1.165) is 6.42 Å². The van der Waals surface area contributed by atoms with E-state index in [-0.39, 0.29) is 11.7 Å². The van der Waals surface area contributed by atoms with Gasteiger partial charge in [0, 0.05) is 6.54 Å². The van der Waals surface area contributed by atoms with E-state index in [1.54, 1.807) is 6.92 Å². The van der Waals surface area contributed by atoms with Gasteiger partial charge in [-0.25, -0.2) is 0 Å². The third kappa shape index (κ3) is 3.40. The molecule has 0 saturated heterocycles. The molecule has 16 heavy (non-hydrogen) atoms. The summed E-state index contributed by atoms with van der Waals surface area (Å²) in [7, 11) is 0. The highest BCUT2D eigenvalue weighted by Gasteiger charge is 2.36. The van der Waals surface area contributed by atoms with Crippen molar-refractivity contribution < 1.29 is 10.0 Å². The summed E-state index contributed by atoms with van der Waals surface area (Å²) in [4.78, 5) is 11.9. The summed E-state index contributed by atoms with van der Waals surface area (Å²) in [6.45, 7) is 8.25. The molecule has 0 aromatic heterocycles. The second-order valence-corrected chi connectivity index (χ2v) is 4.39. The van der Waals surface area contributed by atoms with Crippen molar-refractivity contribution in [2.24, 2.45) is 22.2 Å². The van der Waals surface area contributed by atoms with Crippen molar-refractivity contribution in [2.75, 3.05) is 6.54 Å². The maximum atomic E-state index is 11.9. The highest BCUT2D eigenvalue weighted by atomic mass is 16.4. The molecule has 2 atom stereocenters. The fourth-order valence-electron chi connectivity index (χ4n) is 1.17. The third-order valence-electron chi connectivity index (χ3n) is 3.19. The van der Waals surface area contributed by atoms with Crippen LogP contribution in [0.1, 0.15) is 40.5 Å². The summed E-state index contributed by atoms with van der Waals surface area (Å²) < 4.78 is 0. The number of carbonyl (C=O) groups is 1. The molecule has 0 spiro atoms. The quantitative estimate of drug-likeness (QED) is 0.278. The lowest BCUT2D eigenvalue weighted by molar-refractivity contribution is -0.127. The topological polar surface area (TPSA) is 87.7 Å². The number of rotatable bonds is 6. The SMILES string of the molecule is CCC(C)CNC(=O)C(C)(CC)C(N)=NO. The van der Waals surface area contributed by atoms with Crippen LogP contribution in [-0.2, 0) is 4.79 Å². The molecule has 0 aliphatic rings. The average Bonchev–Trinajstić information content (AvgIpc) is 2.32. The molecule has 0 aliphatic heterocycles. The van der Waals surface area contributed by atoms with Gasteiger partial charge in [-0.15, -0.1) is 0 Å². The molecular weight excluding hydrogens is 206 g/mol. The lowest BCUT2D eigenvalue weighted by Gasteiger charge is -2.26. The van der Waals surface area contributed by atoms with E-state index in [1.807, 2.05) is 6.92 Å². The minimum atomic E-state index is -0.928. The molecule has 0 rings (SSSR count). The van der Waals surface area contributed by atoms with Crippen molar-refractivity contribution >= 4 is 11.7 Å². The van der Waals surface area contributed by atoms with E-state index in [0.29, 0.717) is 18.9 Å². The number of nitrogens with one attached hydrogen (secondary N) is 1. The van der Waals surface area contributed by atoms with Crippen LogP contribution in [0.15, 0.2) is 5.16 Å². The molecule has 0 aromatic rings. The van der Waals surface area contributed by atoms with Crippen LogP contribution in [0.2, 0.25) is 0 Å². The van der Waals surface area contributed by atoms with Gasteiger partial charge in [-0.3, -0.25) is 4.79 Å². The zero-order valence-electron chi connectivity index (χ0n) is 10.6. The first-order chi connectivity index (χ1) is 7.42. The van der Waals surface area contributed by atoms with Crippen LogP contribution >= 0.6 is 0 Å². The van der Waals surface area contributed by atoms with Crippen LogP contribution in [0.4, 0.5) is 0 Å². The highest BCUT2D eigenvalue weighted by Crippen LogP contribution is 2.21. The minimum Gasteiger partial charge on any atom is -0.409 e. The lowest BCUT2D eigenvalue weighted by Crippen LogP contribution is -2.48. The lowest BCUT2D eigenvalue weighted by atomic mass is 9.85. The second kappa shape index (κ2) is 6.35. The van der Waals surface area contributed by atoms with Gasteiger partial charge in [0.2, 0.25) is 5.91 Å². The van der Waals surface area contributed by atoms with Crippen LogP contribution in [0.3, 0.4) is 0 Å². The zero-order valence-corrected chi connectivity index (χ0v) is 10.6. The van der Waals surface area contributed by atoms with Gasteiger partial charge >= 0.3 is 0 Å². The van der Waals surface area contributed by atoms with Gasteiger partial charge in [0.25, 0.3) is 0 Å². The number of carbonyl (C=O) groups excluding carboxylic acids is 1. The largest absolute Gasteiger partial charge is 0.409 e. The maximum Gasteiger partial charge on any atom is 0.233 e. The van der Waals surface area contributed by atoms with Gasteiger partial charge in [-0.2, -0.15) is 0 Å². The number of hydrogen-bond acceptors (Lipinski definition) is 3. The Hall–Kier alpha value is -1.26. The summed E-state index contributed by atoms with van der Waals surface area (Å²) in [5.41, 5.74) is 4.61. The van der Waals surface area contributed by atoms with E-state index in [2.05, 4.69) is 24.3 Å². The molecule has 94 valence electrons. The molecule has 0 heterocycles. The zero-order chi connectivity index (χ0) is 12.8. The molecule has 0 fully saturated rings. The summed E-state index contributed by atoms with van der Waals surface area (Å²) >= 11 is 0. The van der Waals surface area contributed by atoms with Gasteiger partial charge in [0.15, 0.2) is 5.84 Å². The number of oxime groups is 1. The summed E-state index contributed by atoms with van der Waals surface area (Å²) in [5.74, 6) is 0.194. The van der Waals surface area contributed by atoms with Gasteiger partial charge in [0.1, 0.15) is 5.41 Å². The van der Waals surface area contributed by atoms with E-state index < -0.39 is 5.41 Å². The van der Waals surface area contributed by atoms with E-state index in [9.17, 15) is 4.79 Å². The first-order valence-electron chi connectivity index (χ1n) is 5.68. The van der Waals surface area contributed by atoms with Crippen molar-refractivity contribution in [2.45, 2.75) is 40.5 Å². The number of nitrogens with two attached hydrogens (primary N) is 1. The molecular formula is C11H23N3O2. The second-order valence-electron chi connectivity index (χ2n) is 4.39. The summed E-state index contributed by atoms with van der Waals surface area (Å²) in [6.07, 6.45) is 1.50. The Morgan fingerprint density at radius 1 is 1.56 bits per heavy atom. The number of amidine groups is 1. The van der Waals surface area contributed by atoms with Crippen molar-refractivity contribution in [1.82, 2.24) is 5.32 Å². The Balaban J connectivity index is 4.55. The van der Waals surface area contributed by atoms with Gasteiger partial charge in [-0.05, 0) is 19.3 Å². The molecule has 0 radical (unpaired) electrons. The van der Waals surface area contributed by atoms with E-state index >= 15 is 0 Å². The van der Waals surface area contributed by atoms with Crippen LogP contribution in [-0.4, -0.2) is 23.5 Å². The fourth-order valence-corrected chi connectivity index (χ4v) is 1.17. The van der Waals surface area contributed by atoms with E-state index in [4.69, 9.17) is 10.9 Å². The first kappa shape index (κ1) is 14.7. The van der Waals surface area contributed by atoms with Crippen molar-refractivity contribution in [3.05, 3.63) is 0 Å². The number of hydrogen-bond donors (Lipinski definition) is 3. The molecule has 0 bridgehead atoms. The Morgan fingerprint density at radius 2 is 2.12 bits per heavy atom. The monoisotopic (exact) mass is 229 g/mol. The molecule has 0 aromatic carbocycles. The third-order valence-corrected chi connectivity index (χ3v) is 3.19. The van der Waals surface area contributed by atoms with Crippen molar-refractivity contribution in [3.8, 4) is 0 Å². The average molecular weight is 229 g/mol. The normalized spacial score (nSPS) is 17.6. The number of amides is 1. The molecule has 1 amide bonds. The standard InChI is InChI=1S/C11H23N3O2/c1-5-8(3)7-13-10(15)11(4,6-2)9(12)14-16/h8,16H,5-7H2,1-4H3,(H2,12,14)(H,13,15).